The standard InChI is InChI=1S/C20H18N4O3S/c21-24-20(28-11-19(25)26)22-10-13-6-8-18(27-13)12-5-7-17-15(9-12)14-3-1-2-4-16(14)23-17/h1-9,23H,10-11,21H2,(H,22,24)(H,25,26). The van der Waals surface area contributed by atoms with Crippen molar-refractivity contribution in [3.8, 4) is 11.3 Å². The first kappa shape index (κ1) is 18.1. The number of aliphatic imine (C=N–C) groups is 1. The molecule has 0 aliphatic rings. The molecule has 7 nitrogen and oxygen atoms in total. The Hall–Kier alpha value is -3.23. The van der Waals surface area contributed by atoms with E-state index in [0.717, 1.165) is 39.5 Å². The number of rotatable bonds is 5. The van der Waals surface area contributed by atoms with Gasteiger partial charge in [0, 0.05) is 27.4 Å². The van der Waals surface area contributed by atoms with E-state index in [4.69, 9.17) is 15.4 Å². The predicted molar refractivity (Wildman–Crippen MR) is 112 cm³/mol. The van der Waals surface area contributed by atoms with Crippen molar-refractivity contribution < 1.29 is 14.3 Å². The van der Waals surface area contributed by atoms with Crippen molar-refractivity contribution >= 4 is 44.7 Å². The Morgan fingerprint density at radius 2 is 1.96 bits per heavy atom. The Bertz CT molecular complexity index is 1180. The lowest BCUT2D eigenvalue weighted by molar-refractivity contribution is -0.133. The Kier molecular flexibility index (Phi) is 5.05. The first-order valence-electron chi connectivity index (χ1n) is 8.59. The van der Waals surface area contributed by atoms with E-state index in [2.05, 4.69) is 33.6 Å². The number of fused-ring (bicyclic) bond motifs is 3. The number of aromatic nitrogens is 1. The number of carbonyl (C=O) groups is 1. The van der Waals surface area contributed by atoms with Crippen molar-refractivity contribution in [3.05, 3.63) is 60.4 Å². The summed E-state index contributed by atoms with van der Waals surface area (Å²) in [5.74, 6) is 5.75. The van der Waals surface area contributed by atoms with E-state index < -0.39 is 5.97 Å². The highest BCUT2D eigenvalue weighted by Crippen LogP contribution is 2.30. The monoisotopic (exact) mass is 394 g/mol. The maximum absolute atomic E-state index is 10.6. The van der Waals surface area contributed by atoms with Gasteiger partial charge in [0.1, 0.15) is 11.5 Å². The van der Waals surface area contributed by atoms with Crippen molar-refractivity contribution in [2.75, 3.05) is 5.75 Å². The van der Waals surface area contributed by atoms with Crippen LogP contribution < -0.4 is 11.3 Å². The quantitative estimate of drug-likeness (QED) is 0.177. The number of nitrogens with zero attached hydrogens (tertiary/aromatic N) is 1. The van der Waals surface area contributed by atoms with Crippen LogP contribution in [0, 0.1) is 0 Å². The number of para-hydroxylation sites is 1. The molecule has 28 heavy (non-hydrogen) atoms. The number of carboxylic acid groups (broad SMARTS) is 1. The minimum Gasteiger partial charge on any atom is -0.481 e. The number of thioether (sulfide) groups is 1. The van der Waals surface area contributed by atoms with Gasteiger partial charge in [-0.25, -0.2) is 5.84 Å². The first-order chi connectivity index (χ1) is 13.6. The zero-order valence-electron chi connectivity index (χ0n) is 14.8. The predicted octanol–water partition coefficient (Wildman–Crippen LogP) is 3.72. The summed E-state index contributed by atoms with van der Waals surface area (Å²) in [7, 11) is 0. The van der Waals surface area contributed by atoms with E-state index in [1.807, 2.05) is 36.4 Å². The van der Waals surface area contributed by atoms with Crippen LogP contribution in [-0.4, -0.2) is 27.0 Å². The summed E-state index contributed by atoms with van der Waals surface area (Å²) in [6, 6.07) is 18.1. The number of furan rings is 1. The van der Waals surface area contributed by atoms with E-state index in [9.17, 15) is 4.79 Å². The van der Waals surface area contributed by atoms with Crippen LogP contribution in [0.4, 0.5) is 0 Å². The second-order valence-electron chi connectivity index (χ2n) is 6.15. The van der Waals surface area contributed by atoms with Gasteiger partial charge in [0.15, 0.2) is 5.17 Å². The van der Waals surface area contributed by atoms with Crippen LogP contribution in [0.5, 0.6) is 0 Å². The number of nitrogens with two attached hydrogens (primary N) is 1. The minimum absolute atomic E-state index is 0.114. The Balaban J connectivity index is 1.57. The van der Waals surface area contributed by atoms with Crippen LogP contribution in [0.25, 0.3) is 33.1 Å². The maximum Gasteiger partial charge on any atom is 0.313 e. The van der Waals surface area contributed by atoms with Crippen molar-refractivity contribution in [3.63, 3.8) is 0 Å². The summed E-state index contributed by atoms with van der Waals surface area (Å²) in [5.41, 5.74) is 5.56. The minimum atomic E-state index is -0.930. The molecule has 0 radical (unpaired) electrons. The molecular weight excluding hydrogens is 376 g/mol. The van der Waals surface area contributed by atoms with Gasteiger partial charge in [0.2, 0.25) is 0 Å². The number of benzene rings is 2. The van der Waals surface area contributed by atoms with Crippen LogP contribution in [0.1, 0.15) is 5.76 Å². The Labute approximate surface area is 164 Å². The molecule has 0 aliphatic heterocycles. The van der Waals surface area contributed by atoms with Gasteiger partial charge in [-0.2, -0.15) is 0 Å². The van der Waals surface area contributed by atoms with Gasteiger partial charge in [-0.15, -0.1) is 0 Å². The second-order valence-corrected chi connectivity index (χ2v) is 7.11. The zero-order chi connectivity index (χ0) is 19.5. The van der Waals surface area contributed by atoms with E-state index in [1.54, 1.807) is 0 Å². The number of aliphatic carboxylic acids is 1. The molecule has 4 aromatic rings. The Morgan fingerprint density at radius 3 is 2.79 bits per heavy atom. The lowest BCUT2D eigenvalue weighted by Crippen LogP contribution is -2.28. The average Bonchev–Trinajstić information content (AvgIpc) is 3.32. The van der Waals surface area contributed by atoms with Gasteiger partial charge < -0.3 is 19.9 Å². The second kappa shape index (κ2) is 7.79. The fraction of sp³-hybridized carbons (Fsp3) is 0.100. The van der Waals surface area contributed by atoms with Crippen molar-refractivity contribution in [1.29, 1.82) is 0 Å². The van der Waals surface area contributed by atoms with Gasteiger partial charge >= 0.3 is 5.97 Å². The highest BCUT2D eigenvalue weighted by atomic mass is 32.2. The number of carboxylic acids is 1. The lowest BCUT2D eigenvalue weighted by Gasteiger charge is -2.02. The largest absolute Gasteiger partial charge is 0.481 e. The summed E-state index contributed by atoms with van der Waals surface area (Å²) < 4.78 is 5.92. The smallest absolute Gasteiger partial charge is 0.313 e. The fourth-order valence-corrected chi connectivity index (χ4v) is 3.53. The van der Waals surface area contributed by atoms with E-state index in [1.165, 1.54) is 5.39 Å². The van der Waals surface area contributed by atoms with E-state index in [-0.39, 0.29) is 12.3 Å². The molecule has 4 rings (SSSR count). The number of hydrogen-bond donors (Lipinski definition) is 4. The van der Waals surface area contributed by atoms with Gasteiger partial charge in [-0.3, -0.25) is 9.79 Å². The van der Waals surface area contributed by atoms with Gasteiger partial charge in [0.25, 0.3) is 0 Å². The molecule has 2 aromatic carbocycles. The number of hydrogen-bond acceptors (Lipinski definition) is 5. The molecule has 8 heteroatoms. The molecule has 2 heterocycles. The zero-order valence-corrected chi connectivity index (χ0v) is 15.6. The summed E-state index contributed by atoms with van der Waals surface area (Å²) in [4.78, 5) is 18.3. The molecule has 0 fully saturated rings. The Morgan fingerprint density at radius 1 is 1.14 bits per heavy atom. The SMILES string of the molecule is NNC(=NCc1ccc(-c2ccc3[nH]c4ccccc4c3c2)o1)SCC(=O)O. The fourth-order valence-electron chi connectivity index (χ4n) is 3.03. The van der Waals surface area contributed by atoms with E-state index in [0.29, 0.717) is 10.9 Å². The van der Waals surface area contributed by atoms with Crippen LogP contribution in [0.2, 0.25) is 0 Å². The molecule has 0 aliphatic carbocycles. The van der Waals surface area contributed by atoms with Crippen LogP contribution in [0.3, 0.4) is 0 Å². The van der Waals surface area contributed by atoms with Crippen LogP contribution in [0.15, 0.2) is 64.0 Å². The average molecular weight is 394 g/mol. The molecule has 5 N–H and O–H groups in total. The molecule has 0 saturated heterocycles. The summed E-state index contributed by atoms with van der Waals surface area (Å²) >= 11 is 1.02. The summed E-state index contributed by atoms with van der Waals surface area (Å²) in [5, 5.41) is 11.4. The van der Waals surface area contributed by atoms with Crippen molar-refractivity contribution in [1.82, 2.24) is 10.4 Å². The van der Waals surface area contributed by atoms with Crippen molar-refractivity contribution in [2.45, 2.75) is 6.54 Å². The molecule has 0 bridgehead atoms. The maximum atomic E-state index is 10.6. The molecule has 0 amide bonds. The number of amidine groups is 1. The van der Waals surface area contributed by atoms with E-state index >= 15 is 0 Å². The van der Waals surface area contributed by atoms with Gasteiger partial charge in [-0.1, -0.05) is 30.0 Å². The molecule has 2 aromatic heterocycles. The number of H-pyrrole nitrogens is 1. The van der Waals surface area contributed by atoms with Crippen molar-refractivity contribution in [2.24, 2.45) is 10.8 Å². The molecule has 0 atom stereocenters. The highest BCUT2D eigenvalue weighted by molar-refractivity contribution is 8.14. The van der Waals surface area contributed by atoms with Gasteiger partial charge in [0.05, 0.1) is 12.3 Å². The molecule has 0 saturated carbocycles. The third-order valence-electron chi connectivity index (χ3n) is 4.29. The number of nitrogens with one attached hydrogen (secondary N) is 2. The van der Waals surface area contributed by atoms with Crippen LogP contribution >= 0.6 is 11.8 Å². The number of hydrazine groups is 1. The summed E-state index contributed by atoms with van der Waals surface area (Å²) in [6.45, 7) is 0.265. The first-order valence-corrected chi connectivity index (χ1v) is 9.58. The number of aromatic amines is 1. The van der Waals surface area contributed by atoms with Gasteiger partial charge in [-0.05, 0) is 36.4 Å². The molecule has 0 spiro atoms. The van der Waals surface area contributed by atoms with Crippen LogP contribution in [-0.2, 0) is 11.3 Å². The molecular formula is C20H18N4O3S. The normalized spacial score (nSPS) is 12.0. The molecule has 142 valence electrons. The third-order valence-corrected chi connectivity index (χ3v) is 5.20. The molecule has 0 unspecified atom stereocenters. The highest BCUT2D eigenvalue weighted by Gasteiger charge is 2.09. The lowest BCUT2D eigenvalue weighted by atomic mass is 10.1. The summed E-state index contributed by atoms with van der Waals surface area (Å²) in [6.07, 6.45) is 0. The topological polar surface area (TPSA) is 117 Å². The third kappa shape index (κ3) is 3.73.